The molecular formula is C13H21N5. The van der Waals surface area contributed by atoms with Crippen LogP contribution in [0.5, 0.6) is 0 Å². The second kappa shape index (κ2) is 5.82. The predicted molar refractivity (Wildman–Crippen MR) is 71.2 cm³/mol. The van der Waals surface area contributed by atoms with Gasteiger partial charge in [-0.15, -0.1) is 0 Å². The van der Waals surface area contributed by atoms with E-state index in [9.17, 15) is 0 Å². The van der Waals surface area contributed by atoms with E-state index in [0.717, 1.165) is 25.2 Å². The minimum absolute atomic E-state index is 0.349. The fourth-order valence-electron chi connectivity index (χ4n) is 1.88. The quantitative estimate of drug-likeness (QED) is 0.845. The van der Waals surface area contributed by atoms with E-state index in [0.29, 0.717) is 6.04 Å². The number of aromatic nitrogens is 4. The van der Waals surface area contributed by atoms with Gasteiger partial charge in [-0.1, -0.05) is 6.92 Å². The SMILES string of the molecule is CCCNC(C)c1cnn(Cc2ccn(C)n2)c1. The van der Waals surface area contributed by atoms with Crippen LogP contribution in [0.3, 0.4) is 0 Å². The van der Waals surface area contributed by atoms with Crippen molar-refractivity contribution in [3.63, 3.8) is 0 Å². The molecule has 0 spiro atoms. The molecule has 2 aromatic heterocycles. The zero-order valence-corrected chi connectivity index (χ0v) is 11.3. The maximum absolute atomic E-state index is 4.38. The van der Waals surface area contributed by atoms with Gasteiger partial charge in [-0.05, 0) is 26.0 Å². The molecule has 0 saturated carbocycles. The Labute approximate surface area is 108 Å². The summed E-state index contributed by atoms with van der Waals surface area (Å²) in [5, 5.41) is 12.2. The Kier molecular flexibility index (Phi) is 4.15. The van der Waals surface area contributed by atoms with Crippen LogP contribution >= 0.6 is 0 Å². The summed E-state index contributed by atoms with van der Waals surface area (Å²) in [6.07, 6.45) is 7.11. The standard InChI is InChI=1S/C13H21N5/c1-4-6-14-11(2)12-8-15-18(9-12)10-13-5-7-17(3)16-13/h5,7-9,11,14H,4,6,10H2,1-3H3. The second-order valence-electron chi connectivity index (χ2n) is 4.63. The van der Waals surface area contributed by atoms with Gasteiger partial charge in [0.15, 0.2) is 0 Å². The van der Waals surface area contributed by atoms with Crippen LogP contribution in [0.25, 0.3) is 0 Å². The van der Waals surface area contributed by atoms with Crippen LogP contribution in [-0.2, 0) is 13.6 Å². The molecule has 0 aliphatic rings. The second-order valence-corrected chi connectivity index (χ2v) is 4.63. The Morgan fingerprint density at radius 2 is 2.28 bits per heavy atom. The normalized spacial score (nSPS) is 12.8. The molecule has 0 saturated heterocycles. The zero-order chi connectivity index (χ0) is 13.0. The molecule has 5 heteroatoms. The Bertz CT molecular complexity index is 485. The molecule has 18 heavy (non-hydrogen) atoms. The maximum Gasteiger partial charge on any atom is 0.0849 e. The molecular weight excluding hydrogens is 226 g/mol. The smallest absolute Gasteiger partial charge is 0.0849 e. The molecule has 0 aliphatic heterocycles. The van der Waals surface area contributed by atoms with Gasteiger partial charge in [-0.2, -0.15) is 10.2 Å². The van der Waals surface area contributed by atoms with Gasteiger partial charge < -0.3 is 5.32 Å². The molecule has 1 atom stereocenters. The molecule has 1 N–H and O–H groups in total. The topological polar surface area (TPSA) is 47.7 Å². The first-order chi connectivity index (χ1) is 8.69. The number of hydrogen-bond donors (Lipinski definition) is 1. The summed E-state index contributed by atoms with van der Waals surface area (Å²) in [6.45, 7) is 6.09. The Morgan fingerprint density at radius 1 is 1.44 bits per heavy atom. The summed E-state index contributed by atoms with van der Waals surface area (Å²) in [5.74, 6) is 0. The highest BCUT2D eigenvalue weighted by atomic mass is 15.3. The van der Waals surface area contributed by atoms with E-state index >= 15 is 0 Å². The maximum atomic E-state index is 4.38. The highest BCUT2D eigenvalue weighted by molar-refractivity contribution is 5.10. The van der Waals surface area contributed by atoms with Crippen LogP contribution in [0.4, 0.5) is 0 Å². The first kappa shape index (κ1) is 12.8. The average Bonchev–Trinajstić information content (AvgIpc) is 2.96. The van der Waals surface area contributed by atoms with Crippen LogP contribution in [0.1, 0.15) is 37.6 Å². The minimum Gasteiger partial charge on any atom is -0.310 e. The zero-order valence-electron chi connectivity index (χ0n) is 11.3. The number of nitrogens with one attached hydrogen (secondary N) is 1. The number of nitrogens with zero attached hydrogens (tertiary/aromatic N) is 4. The summed E-state index contributed by atoms with van der Waals surface area (Å²) in [6, 6.07) is 2.36. The number of rotatable bonds is 6. The molecule has 0 fully saturated rings. The van der Waals surface area contributed by atoms with E-state index < -0.39 is 0 Å². The molecule has 2 aromatic rings. The lowest BCUT2D eigenvalue weighted by Gasteiger charge is -2.10. The Hall–Kier alpha value is -1.62. The van der Waals surface area contributed by atoms with Gasteiger partial charge >= 0.3 is 0 Å². The summed E-state index contributed by atoms with van der Waals surface area (Å²) in [5.41, 5.74) is 2.25. The molecule has 5 nitrogen and oxygen atoms in total. The van der Waals surface area contributed by atoms with Crippen molar-refractivity contribution in [2.24, 2.45) is 7.05 Å². The first-order valence-corrected chi connectivity index (χ1v) is 6.43. The van der Waals surface area contributed by atoms with Gasteiger partial charge in [-0.3, -0.25) is 9.36 Å². The van der Waals surface area contributed by atoms with Crippen molar-refractivity contribution >= 4 is 0 Å². The van der Waals surface area contributed by atoms with Crippen LogP contribution in [-0.4, -0.2) is 26.1 Å². The van der Waals surface area contributed by atoms with Gasteiger partial charge in [0, 0.05) is 31.0 Å². The van der Waals surface area contributed by atoms with Gasteiger partial charge in [0.25, 0.3) is 0 Å². The molecule has 0 aliphatic carbocycles. The van der Waals surface area contributed by atoms with Crippen molar-refractivity contribution in [2.45, 2.75) is 32.9 Å². The van der Waals surface area contributed by atoms with Crippen LogP contribution in [0, 0.1) is 0 Å². The molecule has 0 amide bonds. The Morgan fingerprint density at radius 3 is 2.94 bits per heavy atom. The number of aryl methyl sites for hydroxylation is 1. The minimum atomic E-state index is 0.349. The van der Waals surface area contributed by atoms with Gasteiger partial charge in [0.1, 0.15) is 0 Å². The lowest BCUT2D eigenvalue weighted by atomic mass is 10.2. The van der Waals surface area contributed by atoms with E-state index in [1.165, 1.54) is 5.56 Å². The molecule has 0 bridgehead atoms. The molecule has 98 valence electrons. The molecule has 0 aromatic carbocycles. The van der Waals surface area contributed by atoms with Crippen molar-refractivity contribution in [2.75, 3.05) is 6.54 Å². The van der Waals surface area contributed by atoms with Gasteiger partial charge in [0.2, 0.25) is 0 Å². The van der Waals surface area contributed by atoms with Crippen molar-refractivity contribution in [1.82, 2.24) is 24.9 Å². The van der Waals surface area contributed by atoms with Crippen molar-refractivity contribution < 1.29 is 0 Å². The van der Waals surface area contributed by atoms with Crippen LogP contribution in [0.15, 0.2) is 24.7 Å². The van der Waals surface area contributed by atoms with Gasteiger partial charge in [-0.25, -0.2) is 0 Å². The van der Waals surface area contributed by atoms with Crippen molar-refractivity contribution in [3.05, 3.63) is 35.9 Å². The van der Waals surface area contributed by atoms with Gasteiger partial charge in [0.05, 0.1) is 18.4 Å². The lowest BCUT2D eigenvalue weighted by molar-refractivity contribution is 0.569. The fourth-order valence-corrected chi connectivity index (χ4v) is 1.88. The highest BCUT2D eigenvalue weighted by Crippen LogP contribution is 2.11. The van der Waals surface area contributed by atoms with E-state index in [1.807, 2.05) is 34.9 Å². The van der Waals surface area contributed by atoms with E-state index in [-0.39, 0.29) is 0 Å². The Balaban J connectivity index is 1.97. The van der Waals surface area contributed by atoms with E-state index in [1.54, 1.807) is 0 Å². The first-order valence-electron chi connectivity index (χ1n) is 6.43. The van der Waals surface area contributed by atoms with E-state index in [4.69, 9.17) is 0 Å². The van der Waals surface area contributed by atoms with Crippen molar-refractivity contribution in [1.29, 1.82) is 0 Å². The van der Waals surface area contributed by atoms with Crippen LogP contribution < -0.4 is 5.32 Å². The third-order valence-corrected chi connectivity index (χ3v) is 2.95. The third-order valence-electron chi connectivity index (χ3n) is 2.95. The molecule has 1 unspecified atom stereocenters. The molecule has 2 rings (SSSR count). The summed E-state index contributed by atoms with van der Waals surface area (Å²) >= 11 is 0. The molecule has 2 heterocycles. The average molecular weight is 247 g/mol. The van der Waals surface area contributed by atoms with E-state index in [2.05, 4.69) is 35.6 Å². The molecule has 0 radical (unpaired) electrons. The highest BCUT2D eigenvalue weighted by Gasteiger charge is 2.07. The summed E-state index contributed by atoms with van der Waals surface area (Å²) in [4.78, 5) is 0. The summed E-state index contributed by atoms with van der Waals surface area (Å²) in [7, 11) is 1.93. The summed E-state index contributed by atoms with van der Waals surface area (Å²) < 4.78 is 3.74. The van der Waals surface area contributed by atoms with Crippen LogP contribution in [0.2, 0.25) is 0 Å². The predicted octanol–water partition coefficient (Wildman–Crippen LogP) is 1.73. The largest absolute Gasteiger partial charge is 0.310 e. The monoisotopic (exact) mass is 247 g/mol. The van der Waals surface area contributed by atoms with Crippen molar-refractivity contribution in [3.8, 4) is 0 Å². The third kappa shape index (κ3) is 3.20. The number of hydrogen-bond acceptors (Lipinski definition) is 3. The fraction of sp³-hybridized carbons (Fsp3) is 0.538. The lowest BCUT2D eigenvalue weighted by Crippen LogP contribution is -2.18.